The highest BCUT2D eigenvalue weighted by atomic mass is 16.5. The molecule has 2 aromatic rings. The van der Waals surface area contributed by atoms with Gasteiger partial charge in [0.25, 0.3) is 0 Å². The Morgan fingerprint density at radius 3 is 2.55 bits per heavy atom. The fourth-order valence-corrected chi connectivity index (χ4v) is 3.38. The molecule has 1 unspecified atom stereocenters. The van der Waals surface area contributed by atoms with Crippen molar-refractivity contribution in [3.63, 3.8) is 0 Å². The van der Waals surface area contributed by atoms with E-state index in [2.05, 4.69) is 5.32 Å². The summed E-state index contributed by atoms with van der Waals surface area (Å²) < 4.78 is 5.88. The molecule has 0 spiro atoms. The zero-order valence-corrected chi connectivity index (χ0v) is 17.3. The molecule has 1 atom stereocenters. The maximum Gasteiger partial charge on any atom is 0.227 e. The van der Waals surface area contributed by atoms with E-state index in [0.29, 0.717) is 37.4 Å². The van der Waals surface area contributed by atoms with Crippen LogP contribution in [0.2, 0.25) is 0 Å². The Morgan fingerprint density at radius 1 is 1.14 bits per heavy atom. The molecule has 1 heterocycles. The first-order chi connectivity index (χ1) is 13.7. The summed E-state index contributed by atoms with van der Waals surface area (Å²) in [5.74, 6) is 0.632. The third-order valence-electron chi connectivity index (χ3n) is 4.86. The van der Waals surface area contributed by atoms with E-state index in [0.717, 1.165) is 11.1 Å². The van der Waals surface area contributed by atoms with Crippen molar-refractivity contribution in [2.75, 3.05) is 18.1 Å². The number of rotatable bonds is 7. The molecular weight excluding hydrogens is 368 g/mol. The summed E-state index contributed by atoms with van der Waals surface area (Å²) >= 11 is 0. The van der Waals surface area contributed by atoms with E-state index >= 15 is 0 Å². The second kappa shape index (κ2) is 8.84. The van der Waals surface area contributed by atoms with Gasteiger partial charge in [-0.25, -0.2) is 0 Å². The van der Waals surface area contributed by atoms with Gasteiger partial charge in [-0.1, -0.05) is 30.3 Å². The maximum absolute atomic E-state index is 12.6. The Hall–Kier alpha value is -2.57. The van der Waals surface area contributed by atoms with Crippen LogP contribution in [0.5, 0.6) is 11.5 Å². The highest BCUT2D eigenvalue weighted by Crippen LogP contribution is 2.42. The topological polar surface area (TPSA) is 82.0 Å². The quantitative estimate of drug-likeness (QED) is 0.668. The molecular formula is C23H30N2O4. The number of carbonyl (C=O) groups is 1. The van der Waals surface area contributed by atoms with Gasteiger partial charge in [-0.05, 0) is 44.9 Å². The molecule has 29 heavy (non-hydrogen) atoms. The number of amides is 1. The molecule has 1 aliphatic heterocycles. The molecule has 156 valence electrons. The van der Waals surface area contributed by atoms with E-state index in [4.69, 9.17) is 4.74 Å². The first kappa shape index (κ1) is 21.1. The summed E-state index contributed by atoms with van der Waals surface area (Å²) in [5.41, 5.74) is 2.21. The lowest BCUT2D eigenvalue weighted by Gasteiger charge is -2.31. The van der Waals surface area contributed by atoms with E-state index in [1.165, 1.54) is 0 Å². The van der Waals surface area contributed by atoms with E-state index in [-0.39, 0.29) is 23.8 Å². The fourth-order valence-electron chi connectivity index (χ4n) is 3.38. The summed E-state index contributed by atoms with van der Waals surface area (Å²) in [4.78, 5) is 14.2. The van der Waals surface area contributed by atoms with Crippen molar-refractivity contribution in [1.29, 1.82) is 0 Å². The number of phenols is 1. The van der Waals surface area contributed by atoms with Gasteiger partial charge < -0.3 is 25.2 Å². The molecule has 1 aliphatic rings. The molecule has 0 radical (unpaired) electrons. The standard InChI is InChI=1S/C23H30N2O4/c1-23(2,3)24-13-17(26)15-29-20-11-10-19(27)22-18(20)9-12-21(28)25(22)14-16-7-5-4-6-8-16/h4-8,10-11,17,24,26-27H,9,12-15H2,1-3H3. The number of carbonyl (C=O) groups excluding carboxylic acids is 1. The van der Waals surface area contributed by atoms with Crippen LogP contribution in [-0.4, -0.2) is 40.9 Å². The van der Waals surface area contributed by atoms with Crippen LogP contribution in [0.15, 0.2) is 42.5 Å². The second-order valence-corrected chi connectivity index (χ2v) is 8.47. The highest BCUT2D eigenvalue weighted by Gasteiger charge is 2.29. The summed E-state index contributed by atoms with van der Waals surface area (Å²) in [6.45, 7) is 7.05. The summed E-state index contributed by atoms with van der Waals surface area (Å²) in [6.07, 6.45) is 0.192. The van der Waals surface area contributed by atoms with E-state index in [9.17, 15) is 15.0 Å². The monoisotopic (exact) mass is 398 g/mol. The van der Waals surface area contributed by atoms with Gasteiger partial charge in [-0.15, -0.1) is 0 Å². The van der Waals surface area contributed by atoms with Crippen molar-refractivity contribution in [2.45, 2.75) is 51.8 Å². The number of ether oxygens (including phenoxy) is 1. The van der Waals surface area contributed by atoms with Crippen molar-refractivity contribution in [3.05, 3.63) is 53.6 Å². The smallest absolute Gasteiger partial charge is 0.227 e. The number of aliphatic hydroxyl groups excluding tert-OH is 1. The zero-order chi connectivity index (χ0) is 21.0. The molecule has 6 nitrogen and oxygen atoms in total. The van der Waals surface area contributed by atoms with Gasteiger partial charge in [0.2, 0.25) is 5.91 Å². The Morgan fingerprint density at radius 2 is 1.86 bits per heavy atom. The minimum Gasteiger partial charge on any atom is -0.506 e. The Bertz CT molecular complexity index is 846. The van der Waals surface area contributed by atoms with Crippen LogP contribution in [0.1, 0.15) is 38.3 Å². The van der Waals surface area contributed by atoms with Crippen LogP contribution in [0.3, 0.4) is 0 Å². The van der Waals surface area contributed by atoms with E-state index in [1.807, 2.05) is 51.1 Å². The largest absolute Gasteiger partial charge is 0.506 e. The van der Waals surface area contributed by atoms with Crippen molar-refractivity contribution < 1.29 is 19.7 Å². The van der Waals surface area contributed by atoms with Crippen LogP contribution in [0.4, 0.5) is 5.69 Å². The molecule has 3 N–H and O–H groups in total. The maximum atomic E-state index is 12.6. The van der Waals surface area contributed by atoms with Gasteiger partial charge in [0.15, 0.2) is 0 Å². The van der Waals surface area contributed by atoms with Gasteiger partial charge in [-0.3, -0.25) is 4.79 Å². The number of hydrogen-bond acceptors (Lipinski definition) is 5. The van der Waals surface area contributed by atoms with E-state index < -0.39 is 6.10 Å². The Labute approximate surface area is 172 Å². The first-order valence-electron chi connectivity index (χ1n) is 9.99. The Kier molecular flexibility index (Phi) is 6.45. The van der Waals surface area contributed by atoms with Gasteiger partial charge >= 0.3 is 0 Å². The second-order valence-electron chi connectivity index (χ2n) is 8.47. The molecule has 0 aromatic heterocycles. The van der Waals surface area contributed by atoms with Crippen molar-refractivity contribution in [1.82, 2.24) is 5.32 Å². The number of hydrogen-bond donors (Lipinski definition) is 3. The number of benzene rings is 2. The Balaban J connectivity index is 1.77. The molecule has 6 heteroatoms. The minimum absolute atomic E-state index is 0.0248. The van der Waals surface area contributed by atoms with Crippen LogP contribution in [0, 0.1) is 0 Å². The summed E-state index contributed by atoms with van der Waals surface area (Å²) in [6, 6.07) is 12.9. The molecule has 0 fully saturated rings. The number of aromatic hydroxyl groups is 1. The molecule has 3 rings (SSSR count). The molecule has 0 saturated carbocycles. The number of anilines is 1. The fraction of sp³-hybridized carbons (Fsp3) is 0.435. The molecule has 0 aliphatic carbocycles. The van der Waals surface area contributed by atoms with Crippen molar-refractivity contribution >= 4 is 11.6 Å². The van der Waals surface area contributed by atoms with Crippen molar-refractivity contribution in [3.8, 4) is 11.5 Å². The molecule has 0 saturated heterocycles. The summed E-state index contributed by atoms with van der Waals surface area (Å²) in [5, 5.41) is 24.0. The molecule has 2 aromatic carbocycles. The predicted molar refractivity (Wildman–Crippen MR) is 113 cm³/mol. The first-order valence-corrected chi connectivity index (χ1v) is 9.99. The highest BCUT2D eigenvalue weighted by molar-refractivity contribution is 5.98. The number of nitrogens with one attached hydrogen (secondary N) is 1. The van der Waals surface area contributed by atoms with Crippen LogP contribution >= 0.6 is 0 Å². The molecule has 0 bridgehead atoms. The van der Waals surface area contributed by atoms with Gasteiger partial charge in [0.05, 0.1) is 12.2 Å². The van der Waals surface area contributed by atoms with Gasteiger partial charge in [-0.2, -0.15) is 0 Å². The predicted octanol–water partition coefficient (Wildman–Crippen LogP) is 3.00. The lowest BCUT2D eigenvalue weighted by molar-refractivity contribution is -0.119. The number of β-amino-alcohol motifs (C(OH)–C–C–N with tert-alkyl or cyclic N) is 1. The number of nitrogens with zero attached hydrogens (tertiary/aromatic N) is 1. The number of fused-ring (bicyclic) bond motifs is 1. The lowest BCUT2D eigenvalue weighted by atomic mass is 9.98. The van der Waals surface area contributed by atoms with Crippen LogP contribution in [0.25, 0.3) is 0 Å². The third-order valence-corrected chi connectivity index (χ3v) is 4.86. The average molecular weight is 399 g/mol. The van der Waals surface area contributed by atoms with Gasteiger partial charge in [0.1, 0.15) is 24.2 Å². The van der Waals surface area contributed by atoms with E-state index in [1.54, 1.807) is 17.0 Å². The zero-order valence-electron chi connectivity index (χ0n) is 17.3. The lowest BCUT2D eigenvalue weighted by Crippen LogP contribution is -2.42. The molecule has 1 amide bonds. The van der Waals surface area contributed by atoms with Gasteiger partial charge in [0, 0.05) is 24.1 Å². The summed E-state index contributed by atoms with van der Waals surface area (Å²) in [7, 11) is 0. The minimum atomic E-state index is -0.663. The number of aliphatic hydroxyl groups is 1. The SMILES string of the molecule is CC(C)(C)NCC(O)COc1ccc(O)c2c1CCC(=O)N2Cc1ccccc1. The third kappa shape index (κ3) is 5.49. The number of phenolic OH excluding ortho intramolecular Hbond substituents is 1. The van der Waals surface area contributed by atoms with Crippen molar-refractivity contribution in [2.24, 2.45) is 0 Å². The normalized spacial score (nSPS) is 15.2. The average Bonchev–Trinajstić information content (AvgIpc) is 2.68. The van der Waals surface area contributed by atoms with Crippen LogP contribution < -0.4 is 15.0 Å². The van der Waals surface area contributed by atoms with Crippen LogP contribution in [-0.2, 0) is 17.8 Å².